The van der Waals surface area contributed by atoms with Crippen molar-refractivity contribution in [2.45, 2.75) is 13.1 Å². The van der Waals surface area contributed by atoms with E-state index in [1.165, 1.54) is 30.3 Å². The van der Waals surface area contributed by atoms with E-state index in [9.17, 15) is 22.4 Å². The summed E-state index contributed by atoms with van der Waals surface area (Å²) in [7, 11) is 0. The number of thiazole rings is 1. The van der Waals surface area contributed by atoms with Crippen LogP contribution in [0.3, 0.4) is 0 Å². The second-order valence-electron chi connectivity index (χ2n) is 5.44. The number of aryl methyl sites for hydroxylation is 1. The third kappa shape index (κ3) is 3.75. The van der Waals surface area contributed by atoms with Gasteiger partial charge in [0.05, 0.1) is 16.9 Å². The number of nitrogens with zero attached hydrogens (tertiary/aromatic N) is 1. The van der Waals surface area contributed by atoms with Crippen molar-refractivity contribution in [1.29, 1.82) is 0 Å². The van der Waals surface area contributed by atoms with Crippen molar-refractivity contribution in [3.63, 3.8) is 0 Å². The van der Waals surface area contributed by atoms with Gasteiger partial charge >= 0.3 is 6.18 Å². The number of aromatic nitrogens is 1. The third-order valence-corrected chi connectivity index (χ3v) is 4.79. The minimum atomic E-state index is -4.41. The van der Waals surface area contributed by atoms with E-state index in [1.54, 1.807) is 13.0 Å². The fourth-order valence-electron chi connectivity index (χ4n) is 2.27. The summed E-state index contributed by atoms with van der Waals surface area (Å²) < 4.78 is 51.6. The summed E-state index contributed by atoms with van der Waals surface area (Å²) in [5.41, 5.74) is 0.170. The van der Waals surface area contributed by atoms with Crippen molar-refractivity contribution in [2.24, 2.45) is 0 Å². The smallest absolute Gasteiger partial charge is 0.319 e. The Morgan fingerprint density at radius 1 is 1.08 bits per heavy atom. The molecule has 3 rings (SSSR count). The van der Waals surface area contributed by atoms with Crippen molar-refractivity contribution >= 4 is 22.9 Å². The molecule has 0 spiro atoms. The van der Waals surface area contributed by atoms with Crippen molar-refractivity contribution in [3.8, 4) is 10.6 Å². The van der Waals surface area contributed by atoms with Crippen LogP contribution in [-0.4, -0.2) is 10.9 Å². The molecule has 3 aromatic rings. The largest absolute Gasteiger partial charge is 0.416 e. The molecule has 0 bridgehead atoms. The number of rotatable bonds is 3. The quantitative estimate of drug-likeness (QED) is 0.607. The molecule has 0 radical (unpaired) electrons. The molecule has 0 unspecified atom stereocenters. The number of amides is 1. The Labute approximate surface area is 150 Å². The summed E-state index contributed by atoms with van der Waals surface area (Å²) >= 11 is 1.03. The zero-order valence-corrected chi connectivity index (χ0v) is 14.2. The summed E-state index contributed by atoms with van der Waals surface area (Å²) in [4.78, 5) is 16.9. The molecule has 0 saturated heterocycles. The van der Waals surface area contributed by atoms with Crippen LogP contribution in [0.1, 0.15) is 20.9 Å². The standard InChI is InChI=1S/C18H12F4N2OS/c1-10-15(16(25)24-14-5-3-2-4-13(14)19)26-17(23-10)11-6-8-12(9-7-11)18(20,21)22/h2-9H,1H3,(H,24,25). The lowest BCUT2D eigenvalue weighted by molar-refractivity contribution is -0.137. The number of hydrogen-bond acceptors (Lipinski definition) is 3. The molecule has 2 aromatic carbocycles. The van der Waals surface area contributed by atoms with E-state index in [0.717, 1.165) is 23.5 Å². The van der Waals surface area contributed by atoms with Crippen LogP contribution in [0.4, 0.5) is 23.2 Å². The van der Waals surface area contributed by atoms with Gasteiger partial charge in [-0.25, -0.2) is 9.37 Å². The Hall–Kier alpha value is -2.74. The molecule has 8 heteroatoms. The molecule has 3 nitrogen and oxygen atoms in total. The normalized spacial score (nSPS) is 11.4. The van der Waals surface area contributed by atoms with Gasteiger partial charge in [-0.2, -0.15) is 13.2 Å². The molecule has 26 heavy (non-hydrogen) atoms. The van der Waals surface area contributed by atoms with Crippen LogP contribution in [0.5, 0.6) is 0 Å². The average molecular weight is 380 g/mol. The summed E-state index contributed by atoms with van der Waals surface area (Å²) in [5, 5.41) is 2.88. The lowest BCUT2D eigenvalue weighted by atomic mass is 10.1. The summed E-state index contributed by atoms with van der Waals surface area (Å²) in [6.45, 7) is 1.61. The number of halogens is 4. The predicted octanol–water partition coefficient (Wildman–Crippen LogP) is 5.53. The van der Waals surface area contributed by atoms with Gasteiger partial charge < -0.3 is 5.32 Å². The van der Waals surface area contributed by atoms with E-state index in [4.69, 9.17) is 0 Å². The lowest BCUT2D eigenvalue weighted by Crippen LogP contribution is -2.12. The lowest BCUT2D eigenvalue weighted by Gasteiger charge is -2.06. The number of alkyl halides is 3. The number of carbonyl (C=O) groups is 1. The zero-order chi connectivity index (χ0) is 18.9. The second kappa shape index (κ2) is 6.87. The molecule has 1 amide bonds. The molecular formula is C18H12F4N2OS. The number of hydrogen-bond donors (Lipinski definition) is 1. The predicted molar refractivity (Wildman–Crippen MR) is 91.6 cm³/mol. The van der Waals surface area contributed by atoms with E-state index >= 15 is 0 Å². The van der Waals surface area contributed by atoms with Gasteiger partial charge in [0.2, 0.25) is 0 Å². The van der Waals surface area contributed by atoms with Crippen LogP contribution in [0.15, 0.2) is 48.5 Å². The van der Waals surface area contributed by atoms with E-state index in [1.807, 2.05) is 0 Å². The Bertz CT molecular complexity index is 949. The molecule has 0 atom stereocenters. The Morgan fingerprint density at radius 2 is 1.73 bits per heavy atom. The van der Waals surface area contributed by atoms with Gasteiger partial charge in [0, 0.05) is 5.56 Å². The molecule has 0 fully saturated rings. The Morgan fingerprint density at radius 3 is 2.35 bits per heavy atom. The van der Waals surface area contributed by atoms with Crippen LogP contribution < -0.4 is 5.32 Å². The van der Waals surface area contributed by atoms with Gasteiger partial charge in [0.25, 0.3) is 5.91 Å². The third-order valence-electron chi connectivity index (χ3n) is 3.58. The highest BCUT2D eigenvalue weighted by atomic mass is 32.1. The van der Waals surface area contributed by atoms with Crippen molar-refractivity contribution in [1.82, 2.24) is 4.98 Å². The molecule has 0 aliphatic carbocycles. The van der Waals surface area contributed by atoms with Crippen molar-refractivity contribution in [3.05, 3.63) is 70.5 Å². The molecule has 0 aliphatic rings. The molecule has 0 saturated carbocycles. The minimum absolute atomic E-state index is 0.0429. The number of benzene rings is 2. The summed E-state index contributed by atoms with van der Waals surface area (Å²) in [5.74, 6) is -1.09. The Kier molecular flexibility index (Phi) is 4.78. The van der Waals surface area contributed by atoms with Crippen LogP contribution >= 0.6 is 11.3 Å². The summed E-state index contributed by atoms with van der Waals surface area (Å²) in [6, 6.07) is 10.3. The van der Waals surface area contributed by atoms with Crippen LogP contribution in [0.25, 0.3) is 10.6 Å². The molecule has 0 aliphatic heterocycles. The fraction of sp³-hybridized carbons (Fsp3) is 0.111. The minimum Gasteiger partial charge on any atom is -0.319 e. The molecule has 1 heterocycles. The average Bonchev–Trinajstić information content (AvgIpc) is 2.98. The second-order valence-corrected chi connectivity index (χ2v) is 6.44. The van der Waals surface area contributed by atoms with Crippen LogP contribution in [0.2, 0.25) is 0 Å². The number of nitrogens with one attached hydrogen (secondary N) is 1. The SMILES string of the molecule is Cc1nc(-c2ccc(C(F)(F)F)cc2)sc1C(=O)Nc1ccccc1F. The van der Waals surface area contributed by atoms with Crippen LogP contribution in [0, 0.1) is 12.7 Å². The fourth-order valence-corrected chi connectivity index (χ4v) is 3.24. The van der Waals surface area contributed by atoms with Gasteiger partial charge in [-0.05, 0) is 31.2 Å². The number of anilines is 1. The van der Waals surface area contributed by atoms with Crippen molar-refractivity contribution < 1.29 is 22.4 Å². The number of carbonyl (C=O) groups excluding carboxylic acids is 1. The highest BCUT2D eigenvalue weighted by Crippen LogP contribution is 2.33. The first kappa shape index (κ1) is 18.1. The van der Waals surface area contributed by atoms with E-state index in [0.29, 0.717) is 16.3 Å². The first-order chi connectivity index (χ1) is 12.3. The summed E-state index contributed by atoms with van der Waals surface area (Å²) in [6.07, 6.45) is -4.41. The van der Waals surface area contributed by atoms with Gasteiger partial charge in [-0.15, -0.1) is 11.3 Å². The first-order valence-corrected chi connectivity index (χ1v) is 8.28. The maximum atomic E-state index is 13.7. The topological polar surface area (TPSA) is 42.0 Å². The molecular weight excluding hydrogens is 368 g/mol. The molecule has 134 valence electrons. The zero-order valence-electron chi connectivity index (χ0n) is 13.4. The molecule has 1 N–H and O–H groups in total. The van der Waals surface area contributed by atoms with E-state index in [2.05, 4.69) is 10.3 Å². The van der Waals surface area contributed by atoms with Gasteiger partial charge in [-0.1, -0.05) is 24.3 Å². The number of para-hydroxylation sites is 1. The first-order valence-electron chi connectivity index (χ1n) is 7.46. The Balaban J connectivity index is 1.85. The highest BCUT2D eigenvalue weighted by Gasteiger charge is 2.30. The highest BCUT2D eigenvalue weighted by molar-refractivity contribution is 7.17. The maximum Gasteiger partial charge on any atom is 0.416 e. The van der Waals surface area contributed by atoms with Gasteiger partial charge in [0.15, 0.2) is 0 Å². The maximum absolute atomic E-state index is 13.7. The van der Waals surface area contributed by atoms with E-state index < -0.39 is 23.5 Å². The molecule has 1 aromatic heterocycles. The monoisotopic (exact) mass is 380 g/mol. The van der Waals surface area contributed by atoms with Crippen molar-refractivity contribution in [2.75, 3.05) is 5.32 Å². The van der Waals surface area contributed by atoms with E-state index in [-0.39, 0.29) is 10.6 Å². The van der Waals surface area contributed by atoms with Gasteiger partial charge in [0.1, 0.15) is 15.7 Å². The van der Waals surface area contributed by atoms with Gasteiger partial charge in [-0.3, -0.25) is 4.79 Å². The van der Waals surface area contributed by atoms with Crippen LogP contribution in [-0.2, 0) is 6.18 Å².